The Morgan fingerprint density at radius 3 is 2.17 bits per heavy atom. The van der Waals surface area contributed by atoms with E-state index in [1.54, 1.807) is 24.3 Å². The summed E-state index contributed by atoms with van der Waals surface area (Å²) in [6, 6.07) is 12.5. The molecule has 90 valence electrons. The molecule has 2 aromatic rings. The number of carboxylic acid groups (broad SMARTS) is 1. The number of carboxylic acids is 1. The molecule has 2 rings (SSSR count). The maximum atomic E-state index is 10.8. The van der Waals surface area contributed by atoms with Gasteiger partial charge in [-0.3, -0.25) is 0 Å². The fourth-order valence-electron chi connectivity index (χ4n) is 1.37. The van der Waals surface area contributed by atoms with Crippen molar-refractivity contribution in [1.82, 2.24) is 0 Å². The van der Waals surface area contributed by atoms with E-state index in [1.807, 2.05) is 0 Å². The number of hydrogen-bond donors (Lipinski definition) is 2. The number of phenolic OH excluding ortho intramolecular Hbond substituents is 1. The van der Waals surface area contributed by atoms with Gasteiger partial charge in [0.1, 0.15) is 5.75 Å². The minimum atomic E-state index is -1.01. The van der Waals surface area contributed by atoms with Crippen molar-refractivity contribution >= 4 is 17.3 Å². The van der Waals surface area contributed by atoms with Crippen LogP contribution in [0.2, 0.25) is 0 Å². The molecule has 0 saturated heterocycles. The van der Waals surface area contributed by atoms with Gasteiger partial charge in [0.05, 0.1) is 16.9 Å². The van der Waals surface area contributed by atoms with Crippen LogP contribution in [0.15, 0.2) is 58.8 Å². The number of rotatable bonds is 3. The van der Waals surface area contributed by atoms with Gasteiger partial charge in [-0.2, -0.15) is 10.2 Å². The molecule has 0 bridgehead atoms. The minimum absolute atomic E-state index is 0.103. The summed E-state index contributed by atoms with van der Waals surface area (Å²) in [6.07, 6.45) is 0. The number of aromatic carboxylic acids is 1. The zero-order valence-corrected chi connectivity index (χ0v) is 9.32. The molecule has 0 heterocycles. The Hall–Kier alpha value is -2.69. The van der Waals surface area contributed by atoms with E-state index in [1.165, 1.54) is 24.3 Å². The van der Waals surface area contributed by atoms with Crippen LogP contribution >= 0.6 is 0 Å². The molecule has 0 fully saturated rings. The fraction of sp³-hybridized carbons (Fsp3) is 0. The first kappa shape index (κ1) is 11.8. The Balaban J connectivity index is 2.23. The summed E-state index contributed by atoms with van der Waals surface area (Å²) < 4.78 is 0. The zero-order valence-electron chi connectivity index (χ0n) is 9.32. The van der Waals surface area contributed by atoms with Crippen LogP contribution in [0.5, 0.6) is 5.75 Å². The second kappa shape index (κ2) is 5.09. The van der Waals surface area contributed by atoms with E-state index in [0.717, 1.165) is 0 Å². The molecule has 0 atom stereocenters. The predicted molar refractivity (Wildman–Crippen MR) is 65.7 cm³/mol. The summed E-state index contributed by atoms with van der Waals surface area (Å²) in [5.41, 5.74) is 1.09. The Bertz CT molecular complexity index is 609. The minimum Gasteiger partial charge on any atom is -0.508 e. The van der Waals surface area contributed by atoms with Crippen molar-refractivity contribution in [2.45, 2.75) is 0 Å². The molecule has 0 unspecified atom stereocenters. The topological polar surface area (TPSA) is 82.2 Å². The third-order valence-corrected chi connectivity index (χ3v) is 2.20. The van der Waals surface area contributed by atoms with Crippen molar-refractivity contribution in [1.29, 1.82) is 0 Å². The monoisotopic (exact) mass is 242 g/mol. The van der Waals surface area contributed by atoms with Gasteiger partial charge >= 0.3 is 5.97 Å². The quantitative estimate of drug-likeness (QED) is 0.808. The van der Waals surface area contributed by atoms with Gasteiger partial charge in [-0.15, -0.1) is 0 Å². The van der Waals surface area contributed by atoms with Crippen LogP contribution in [0.25, 0.3) is 0 Å². The highest BCUT2D eigenvalue weighted by molar-refractivity contribution is 5.88. The van der Waals surface area contributed by atoms with Gasteiger partial charge in [0.15, 0.2) is 0 Å². The van der Waals surface area contributed by atoms with Crippen molar-refractivity contribution in [3.05, 3.63) is 54.1 Å². The molecular weight excluding hydrogens is 232 g/mol. The smallest absolute Gasteiger partial charge is 0.335 e. The predicted octanol–water partition coefficient (Wildman–Crippen LogP) is 3.51. The first-order valence-corrected chi connectivity index (χ1v) is 5.19. The molecule has 5 heteroatoms. The first-order chi connectivity index (χ1) is 8.65. The summed E-state index contributed by atoms with van der Waals surface area (Å²) >= 11 is 0. The van der Waals surface area contributed by atoms with Crippen molar-refractivity contribution in [3.8, 4) is 5.75 Å². The van der Waals surface area contributed by atoms with Crippen molar-refractivity contribution < 1.29 is 15.0 Å². The zero-order chi connectivity index (χ0) is 13.0. The number of aromatic hydroxyl groups is 1. The Kier molecular flexibility index (Phi) is 3.33. The average molecular weight is 242 g/mol. The van der Waals surface area contributed by atoms with Crippen LogP contribution < -0.4 is 0 Å². The lowest BCUT2D eigenvalue weighted by Crippen LogP contribution is -1.94. The van der Waals surface area contributed by atoms with Gasteiger partial charge in [-0.05, 0) is 30.3 Å². The van der Waals surface area contributed by atoms with E-state index in [2.05, 4.69) is 10.2 Å². The van der Waals surface area contributed by atoms with Crippen molar-refractivity contribution in [3.63, 3.8) is 0 Å². The molecule has 0 spiro atoms. The molecule has 0 aliphatic heterocycles. The van der Waals surface area contributed by atoms with Gasteiger partial charge in [-0.25, -0.2) is 4.79 Å². The SMILES string of the molecule is O=C(O)c1cccc(N=Nc2cccc(O)c2)c1. The second-order valence-electron chi connectivity index (χ2n) is 3.58. The third-order valence-electron chi connectivity index (χ3n) is 2.20. The summed E-state index contributed by atoms with van der Waals surface area (Å²) in [5, 5.41) is 25.9. The van der Waals surface area contributed by atoms with E-state index >= 15 is 0 Å². The van der Waals surface area contributed by atoms with E-state index in [4.69, 9.17) is 5.11 Å². The molecule has 0 aliphatic carbocycles. The summed E-state index contributed by atoms with van der Waals surface area (Å²) in [7, 11) is 0. The van der Waals surface area contributed by atoms with Gasteiger partial charge in [0, 0.05) is 6.07 Å². The Morgan fingerprint density at radius 2 is 1.56 bits per heavy atom. The molecule has 5 nitrogen and oxygen atoms in total. The molecule has 2 N–H and O–H groups in total. The van der Waals surface area contributed by atoms with E-state index in [9.17, 15) is 9.90 Å². The summed E-state index contributed by atoms with van der Waals surface area (Å²) in [6.45, 7) is 0. The summed E-state index contributed by atoms with van der Waals surface area (Å²) in [5.74, 6) is -0.907. The largest absolute Gasteiger partial charge is 0.508 e. The standard InChI is InChI=1S/C13H10N2O3/c16-12-6-2-5-11(8-12)15-14-10-4-1-3-9(7-10)13(17)18/h1-8,16H,(H,17,18). The van der Waals surface area contributed by atoms with Crippen molar-refractivity contribution in [2.75, 3.05) is 0 Å². The highest BCUT2D eigenvalue weighted by Crippen LogP contribution is 2.22. The van der Waals surface area contributed by atoms with Crippen LogP contribution in [0.3, 0.4) is 0 Å². The maximum Gasteiger partial charge on any atom is 0.335 e. The number of hydrogen-bond acceptors (Lipinski definition) is 4. The molecule has 2 aromatic carbocycles. The molecule has 18 heavy (non-hydrogen) atoms. The van der Waals surface area contributed by atoms with Crippen LogP contribution in [0, 0.1) is 0 Å². The molecular formula is C13H10N2O3. The normalized spacial score (nSPS) is 10.7. The van der Waals surface area contributed by atoms with Gasteiger partial charge in [0.25, 0.3) is 0 Å². The highest BCUT2D eigenvalue weighted by atomic mass is 16.4. The Morgan fingerprint density at radius 1 is 0.944 bits per heavy atom. The molecule has 0 aromatic heterocycles. The molecule has 0 aliphatic rings. The van der Waals surface area contributed by atoms with Crippen LogP contribution in [0.4, 0.5) is 11.4 Å². The number of benzene rings is 2. The Labute approximate surface area is 103 Å². The average Bonchev–Trinajstić information content (AvgIpc) is 2.37. The molecule has 0 amide bonds. The number of phenols is 1. The van der Waals surface area contributed by atoms with Gasteiger partial charge in [-0.1, -0.05) is 12.1 Å². The van der Waals surface area contributed by atoms with Crippen molar-refractivity contribution in [2.24, 2.45) is 10.2 Å². The molecule has 0 saturated carbocycles. The number of azo groups is 1. The van der Waals surface area contributed by atoms with E-state index in [0.29, 0.717) is 11.4 Å². The van der Waals surface area contributed by atoms with Crippen LogP contribution in [-0.2, 0) is 0 Å². The maximum absolute atomic E-state index is 10.8. The number of nitrogens with zero attached hydrogens (tertiary/aromatic N) is 2. The lowest BCUT2D eigenvalue weighted by molar-refractivity contribution is 0.0697. The highest BCUT2D eigenvalue weighted by Gasteiger charge is 2.02. The van der Waals surface area contributed by atoms with E-state index < -0.39 is 5.97 Å². The van der Waals surface area contributed by atoms with Crippen LogP contribution in [0.1, 0.15) is 10.4 Å². The van der Waals surface area contributed by atoms with E-state index in [-0.39, 0.29) is 11.3 Å². The molecule has 0 radical (unpaired) electrons. The van der Waals surface area contributed by atoms with Crippen LogP contribution in [-0.4, -0.2) is 16.2 Å². The first-order valence-electron chi connectivity index (χ1n) is 5.19. The third kappa shape index (κ3) is 2.91. The summed E-state index contributed by atoms with van der Waals surface area (Å²) in [4.78, 5) is 10.8. The van der Waals surface area contributed by atoms with Gasteiger partial charge in [0.2, 0.25) is 0 Å². The number of carbonyl (C=O) groups is 1. The fourth-order valence-corrected chi connectivity index (χ4v) is 1.37. The lowest BCUT2D eigenvalue weighted by Gasteiger charge is -1.96. The van der Waals surface area contributed by atoms with Gasteiger partial charge < -0.3 is 10.2 Å². The lowest BCUT2D eigenvalue weighted by atomic mass is 10.2. The second-order valence-corrected chi connectivity index (χ2v) is 3.58.